The molecule has 0 aliphatic rings. The van der Waals surface area contributed by atoms with E-state index in [1.165, 1.54) is 0 Å². The standard InChI is InChI=1S/C14H11BrO2/c1-9-8-12(6-7-13(9)15)10-2-4-11(5-3-10)14(16)17/h2-8H,1H3,(H,16,17). The van der Waals surface area contributed by atoms with Gasteiger partial charge in [0.05, 0.1) is 5.56 Å². The summed E-state index contributed by atoms with van der Waals surface area (Å²) in [5.74, 6) is -0.900. The molecule has 3 heteroatoms. The lowest BCUT2D eigenvalue weighted by Crippen LogP contribution is -1.94. The second-order valence-corrected chi connectivity index (χ2v) is 4.70. The number of hydrogen-bond donors (Lipinski definition) is 1. The molecule has 2 aromatic carbocycles. The second-order valence-electron chi connectivity index (χ2n) is 3.85. The Bertz CT molecular complexity index is 559. The van der Waals surface area contributed by atoms with E-state index in [-0.39, 0.29) is 0 Å². The summed E-state index contributed by atoms with van der Waals surface area (Å²) in [6.07, 6.45) is 0. The Balaban J connectivity index is 2.39. The molecule has 2 nitrogen and oxygen atoms in total. The van der Waals surface area contributed by atoms with Crippen molar-refractivity contribution < 1.29 is 9.90 Å². The Morgan fingerprint density at radius 2 is 1.65 bits per heavy atom. The SMILES string of the molecule is Cc1cc(-c2ccc(C(=O)O)cc2)ccc1Br. The van der Waals surface area contributed by atoms with Crippen molar-refractivity contribution in [3.8, 4) is 11.1 Å². The minimum atomic E-state index is -0.900. The van der Waals surface area contributed by atoms with Crippen molar-refractivity contribution >= 4 is 21.9 Å². The molecular weight excluding hydrogens is 280 g/mol. The van der Waals surface area contributed by atoms with Crippen LogP contribution in [0.15, 0.2) is 46.9 Å². The van der Waals surface area contributed by atoms with Gasteiger partial charge in [0.2, 0.25) is 0 Å². The van der Waals surface area contributed by atoms with Gasteiger partial charge < -0.3 is 5.11 Å². The Morgan fingerprint density at radius 3 is 2.18 bits per heavy atom. The van der Waals surface area contributed by atoms with Gasteiger partial charge in [-0.05, 0) is 41.8 Å². The van der Waals surface area contributed by atoms with Gasteiger partial charge in [0.1, 0.15) is 0 Å². The van der Waals surface area contributed by atoms with Crippen LogP contribution in [0.5, 0.6) is 0 Å². The fraction of sp³-hybridized carbons (Fsp3) is 0.0714. The lowest BCUT2D eigenvalue weighted by molar-refractivity contribution is 0.0697. The van der Waals surface area contributed by atoms with Crippen molar-refractivity contribution in [2.45, 2.75) is 6.92 Å². The van der Waals surface area contributed by atoms with E-state index < -0.39 is 5.97 Å². The minimum absolute atomic E-state index is 0.308. The molecular formula is C14H11BrO2. The first-order valence-corrected chi connectivity index (χ1v) is 5.97. The summed E-state index contributed by atoms with van der Waals surface area (Å²) in [7, 11) is 0. The highest BCUT2D eigenvalue weighted by molar-refractivity contribution is 9.10. The summed E-state index contributed by atoms with van der Waals surface area (Å²) < 4.78 is 1.07. The molecule has 86 valence electrons. The highest BCUT2D eigenvalue weighted by atomic mass is 79.9. The number of halogens is 1. The van der Waals surface area contributed by atoms with E-state index in [0.717, 1.165) is 21.2 Å². The van der Waals surface area contributed by atoms with Crippen LogP contribution in [-0.4, -0.2) is 11.1 Å². The molecule has 0 aliphatic carbocycles. The second kappa shape index (κ2) is 4.72. The van der Waals surface area contributed by atoms with E-state index in [2.05, 4.69) is 22.0 Å². The third-order valence-electron chi connectivity index (χ3n) is 2.62. The topological polar surface area (TPSA) is 37.3 Å². The zero-order chi connectivity index (χ0) is 12.4. The van der Waals surface area contributed by atoms with Crippen LogP contribution in [-0.2, 0) is 0 Å². The van der Waals surface area contributed by atoms with Crippen molar-refractivity contribution in [1.29, 1.82) is 0 Å². The first kappa shape index (κ1) is 11.9. The van der Waals surface area contributed by atoms with E-state index in [9.17, 15) is 4.79 Å². The van der Waals surface area contributed by atoms with Gasteiger partial charge in [-0.1, -0.05) is 40.2 Å². The fourth-order valence-electron chi connectivity index (χ4n) is 1.63. The van der Waals surface area contributed by atoms with Crippen molar-refractivity contribution in [3.05, 3.63) is 58.1 Å². The molecule has 0 saturated carbocycles. The van der Waals surface area contributed by atoms with Crippen LogP contribution in [0, 0.1) is 6.92 Å². The molecule has 2 rings (SSSR count). The van der Waals surface area contributed by atoms with Gasteiger partial charge in [-0.3, -0.25) is 0 Å². The molecule has 2 aromatic rings. The van der Waals surface area contributed by atoms with E-state index in [1.54, 1.807) is 12.1 Å². The zero-order valence-electron chi connectivity index (χ0n) is 9.27. The highest BCUT2D eigenvalue weighted by Crippen LogP contribution is 2.25. The van der Waals surface area contributed by atoms with E-state index >= 15 is 0 Å². The van der Waals surface area contributed by atoms with Crippen LogP contribution in [0.3, 0.4) is 0 Å². The van der Waals surface area contributed by atoms with Gasteiger partial charge >= 0.3 is 5.97 Å². The smallest absolute Gasteiger partial charge is 0.335 e. The maximum atomic E-state index is 10.7. The largest absolute Gasteiger partial charge is 0.478 e. The first-order valence-electron chi connectivity index (χ1n) is 5.18. The summed E-state index contributed by atoms with van der Waals surface area (Å²) in [6.45, 7) is 2.03. The monoisotopic (exact) mass is 290 g/mol. The molecule has 0 fully saturated rings. The van der Waals surface area contributed by atoms with Crippen LogP contribution in [0.2, 0.25) is 0 Å². The normalized spacial score (nSPS) is 10.2. The lowest BCUT2D eigenvalue weighted by atomic mass is 10.0. The van der Waals surface area contributed by atoms with E-state index in [0.29, 0.717) is 5.56 Å². The average Bonchev–Trinajstić information content (AvgIpc) is 2.33. The maximum absolute atomic E-state index is 10.7. The number of rotatable bonds is 2. The third kappa shape index (κ3) is 2.56. The molecule has 1 N–H and O–H groups in total. The first-order chi connectivity index (χ1) is 8.08. The van der Waals surface area contributed by atoms with Gasteiger partial charge in [0.25, 0.3) is 0 Å². The minimum Gasteiger partial charge on any atom is -0.478 e. The Kier molecular flexibility index (Phi) is 3.29. The Labute approximate surface area is 108 Å². The quantitative estimate of drug-likeness (QED) is 0.903. The number of benzene rings is 2. The van der Waals surface area contributed by atoms with E-state index in [4.69, 9.17) is 5.11 Å². The van der Waals surface area contributed by atoms with Gasteiger partial charge in [-0.15, -0.1) is 0 Å². The number of carboxylic acids is 1. The molecule has 0 saturated heterocycles. The van der Waals surface area contributed by atoms with Crippen LogP contribution < -0.4 is 0 Å². The number of carboxylic acid groups (broad SMARTS) is 1. The summed E-state index contributed by atoms with van der Waals surface area (Å²) >= 11 is 3.45. The van der Waals surface area contributed by atoms with Crippen molar-refractivity contribution in [3.63, 3.8) is 0 Å². The predicted molar refractivity (Wildman–Crippen MR) is 71.3 cm³/mol. The predicted octanol–water partition coefficient (Wildman–Crippen LogP) is 4.12. The Morgan fingerprint density at radius 1 is 1.06 bits per heavy atom. The van der Waals surface area contributed by atoms with Crippen molar-refractivity contribution in [2.24, 2.45) is 0 Å². The highest BCUT2D eigenvalue weighted by Gasteiger charge is 2.04. The maximum Gasteiger partial charge on any atom is 0.335 e. The number of hydrogen-bond acceptors (Lipinski definition) is 1. The molecule has 0 bridgehead atoms. The molecule has 0 amide bonds. The molecule has 0 aliphatic heterocycles. The van der Waals surface area contributed by atoms with Crippen LogP contribution in [0.25, 0.3) is 11.1 Å². The van der Waals surface area contributed by atoms with Crippen molar-refractivity contribution in [2.75, 3.05) is 0 Å². The number of carbonyl (C=O) groups is 1. The van der Waals surface area contributed by atoms with Crippen LogP contribution >= 0.6 is 15.9 Å². The summed E-state index contributed by atoms with van der Waals surface area (Å²) in [5, 5.41) is 8.82. The van der Waals surface area contributed by atoms with Gasteiger partial charge in [-0.2, -0.15) is 0 Å². The number of aryl methyl sites for hydroxylation is 1. The van der Waals surface area contributed by atoms with E-state index in [1.807, 2.05) is 31.2 Å². The van der Waals surface area contributed by atoms with Gasteiger partial charge in [0.15, 0.2) is 0 Å². The van der Waals surface area contributed by atoms with Gasteiger partial charge in [0, 0.05) is 4.47 Å². The van der Waals surface area contributed by atoms with Gasteiger partial charge in [-0.25, -0.2) is 4.79 Å². The average molecular weight is 291 g/mol. The summed E-state index contributed by atoms with van der Waals surface area (Å²) in [5.41, 5.74) is 3.57. The molecule has 0 atom stereocenters. The summed E-state index contributed by atoms with van der Waals surface area (Å²) in [4.78, 5) is 10.7. The lowest BCUT2D eigenvalue weighted by Gasteiger charge is -2.05. The third-order valence-corrected chi connectivity index (χ3v) is 3.51. The van der Waals surface area contributed by atoms with Crippen molar-refractivity contribution in [1.82, 2.24) is 0 Å². The Hall–Kier alpha value is -1.61. The zero-order valence-corrected chi connectivity index (χ0v) is 10.9. The molecule has 17 heavy (non-hydrogen) atoms. The summed E-state index contributed by atoms with van der Waals surface area (Å²) in [6, 6.07) is 13.0. The fourth-order valence-corrected chi connectivity index (χ4v) is 1.88. The van der Waals surface area contributed by atoms with Crippen LogP contribution in [0.1, 0.15) is 15.9 Å². The molecule has 0 heterocycles. The number of aromatic carboxylic acids is 1. The molecule has 0 unspecified atom stereocenters. The molecule has 0 radical (unpaired) electrons. The van der Waals surface area contributed by atoms with Crippen LogP contribution in [0.4, 0.5) is 0 Å². The molecule has 0 spiro atoms. The molecule has 0 aromatic heterocycles.